The Morgan fingerprint density at radius 1 is 1.26 bits per heavy atom. The standard InChI is InChI=1S/C26H32F2N6O4S/c1-4-11-39-24-30-22(29-18-13-15(18)14-5-6-16(27)17(28)12-14)20-23(31-24)34(33-32-20)26-8-7-19(36-10-9-35)21(26)37-25(2,3)38-26/h5-6,12,15,18-19,21,35H,4,7-11,13H2,1-3H3,(H,29,30,31). The maximum atomic E-state index is 13.8. The molecule has 0 bridgehead atoms. The number of rotatable bonds is 10. The minimum atomic E-state index is -0.982. The number of hydrogen-bond donors (Lipinski definition) is 2. The van der Waals surface area contributed by atoms with Gasteiger partial charge in [-0.25, -0.2) is 18.7 Å². The molecule has 0 amide bonds. The van der Waals surface area contributed by atoms with Gasteiger partial charge in [0.15, 0.2) is 45.3 Å². The summed E-state index contributed by atoms with van der Waals surface area (Å²) in [6, 6.07) is 4.02. The molecule has 5 atom stereocenters. The van der Waals surface area contributed by atoms with Crippen LogP contribution in [0.15, 0.2) is 23.4 Å². The average Bonchev–Trinajstić information content (AvgIpc) is 3.25. The fourth-order valence-corrected chi connectivity index (χ4v) is 6.35. The SMILES string of the molecule is CCCSc1nc(NC2CC2c2ccc(F)c(F)c2)c2nnn(C34CCC(OCCO)C3OC(C)(C)O4)c2n1. The number of fused-ring (bicyclic) bond motifs is 2. The molecular formula is C26H32F2N6O4S. The van der Waals surface area contributed by atoms with Crippen molar-refractivity contribution in [2.45, 2.75) is 87.3 Å². The predicted octanol–water partition coefficient (Wildman–Crippen LogP) is 3.95. The van der Waals surface area contributed by atoms with Crippen LogP contribution in [0.4, 0.5) is 14.6 Å². The molecule has 13 heteroatoms. The number of hydrogen-bond acceptors (Lipinski definition) is 10. The molecule has 3 aliphatic rings. The van der Waals surface area contributed by atoms with Crippen molar-refractivity contribution in [3.05, 3.63) is 35.4 Å². The molecule has 0 radical (unpaired) electrons. The summed E-state index contributed by atoms with van der Waals surface area (Å²) in [4.78, 5) is 9.59. The third kappa shape index (κ3) is 4.88. The number of aliphatic hydroxyl groups excluding tert-OH is 1. The van der Waals surface area contributed by atoms with E-state index in [1.54, 1.807) is 10.7 Å². The Balaban J connectivity index is 1.35. The van der Waals surface area contributed by atoms with Crippen molar-refractivity contribution in [1.82, 2.24) is 25.0 Å². The Hall–Kier alpha value is -2.45. The van der Waals surface area contributed by atoms with Crippen LogP contribution in [0.3, 0.4) is 0 Å². The van der Waals surface area contributed by atoms with E-state index < -0.39 is 29.3 Å². The second-order valence-corrected chi connectivity index (χ2v) is 11.8. The van der Waals surface area contributed by atoms with Crippen molar-refractivity contribution in [3.63, 3.8) is 0 Å². The lowest BCUT2D eigenvalue weighted by molar-refractivity contribution is -0.192. The molecule has 3 fully saturated rings. The van der Waals surface area contributed by atoms with Gasteiger partial charge in [-0.1, -0.05) is 30.0 Å². The van der Waals surface area contributed by atoms with Crippen molar-refractivity contribution < 1.29 is 28.1 Å². The van der Waals surface area contributed by atoms with E-state index in [1.807, 2.05) is 13.8 Å². The van der Waals surface area contributed by atoms with E-state index in [0.29, 0.717) is 35.0 Å². The third-order valence-electron chi connectivity index (χ3n) is 7.38. The van der Waals surface area contributed by atoms with Crippen LogP contribution in [0, 0.1) is 11.6 Å². The topological polar surface area (TPSA) is 116 Å². The summed E-state index contributed by atoms with van der Waals surface area (Å²) >= 11 is 1.54. The van der Waals surface area contributed by atoms with Crippen molar-refractivity contribution in [1.29, 1.82) is 0 Å². The number of nitrogens with one attached hydrogen (secondary N) is 1. The molecule has 1 aromatic carbocycles. The molecular weight excluding hydrogens is 530 g/mol. The van der Waals surface area contributed by atoms with Crippen molar-refractivity contribution in [3.8, 4) is 0 Å². The highest BCUT2D eigenvalue weighted by atomic mass is 32.2. The van der Waals surface area contributed by atoms with Gasteiger partial charge in [0, 0.05) is 24.1 Å². The van der Waals surface area contributed by atoms with Crippen LogP contribution in [0.1, 0.15) is 57.9 Å². The molecule has 6 rings (SSSR count). The fourth-order valence-electron chi connectivity index (χ4n) is 5.66. The lowest BCUT2D eigenvalue weighted by atomic mass is 10.1. The zero-order valence-corrected chi connectivity index (χ0v) is 22.9. The molecule has 2 saturated carbocycles. The van der Waals surface area contributed by atoms with Gasteiger partial charge in [-0.3, -0.25) is 0 Å². The Kier molecular flexibility index (Phi) is 6.99. The second kappa shape index (κ2) is 10.2. The molecule has 210 valence electrons. The lowest BCUT2D eigenvalue weighted by Crippen LogP contribution is -2.44. The van der Waals surface area contributed by atoms with Gasteiger partial charge >= 0.3 is 0 Å². The van der Waals surface area contributed by atoms with Gasteiger partial charge in [-0.05, 0) is 50.8 Å². The number of aromatic nitrogens is 5. The quantitative estimate of drug-likeness (QED) is 0.278. The maximum absolute atomic E-state index is 13.8. The van der Waals surface area contributed by atoms with Crippen LogP contribution < -0.4 is 5.32 Å². The van der Waals surface area contributed by atoms with Crippen LogP contribution >= 0.6 is 11.8 Å². The van der Waals surface area contributed by atoms with Gasteiger partial charge in [0.2, 0.25) is 0 Å². The monoisotopic (exact) mass is 562 g/mol. The zero-order chi connectivity index (χ0) is 27.4. The zero-order valence-electron chi connectivity index (χ0n) is 22.1. The van der Waals surface area contributed by atoms with Gasteiger partial charge in [0.05, 0.1) is 19.3 Å². The molecule has 0 spiro atoms. The lowest BCUT2D eigenvalue weighted by Gasteiger charge is -2.28. The molecule has 5 unspecified atom stereocenters. The molecule has 39 heavy (non-hydrogen) atoms. The van der Waals surface area contributed by atoms with Gasteiger partial charge in [-0.15, -0.1) is 5.10 Å². The number of aliphatic hydroxyl groups is 1. The number of ether oxygens (including phenoxy) is 3. The van der Waals surface area contributed by atoms with Crippen molar-refractivity contribution >= 4 is 28.7 Å². The minimum Gasteiger partial charge on any atom is -0.394 e. The third-order valence-corrected chi connectivity index (χ3v) is 8.44. The number of thioether (sulfide) groups is 1. The first-order valence-corrected chi connectivity index (χ1v) is 14.3. The fraction of sp³-hybridized carbons (Fsp3) is 0.615. The first kappa shape index (κ1) is 26.8. The molecule has 3 aromatic rings. The molecule has 10 nitrogen and oxygen atoms in total. The largest absolute Gasteiger partial charge is 0.394 e. The molecule has 2 aliphatic carbocycles. The van der Waals surface area contributed by atoms with E-state index >= 15 is 0 Å². The number of anilines is 1. The van der Waals surface area contributed by atoms with Crippen LogP contribution in [-0.4, -0.2) is 73.1 Å². The highest BCUT2D eigenvalue weighted by molar-refractivity contribution is 7.99. The van der Waals surface area contributed by atoms with Crippen LogP contribution in [0.2, 0.25) is 0 Å². The summed E-state index contributed by atoms with van der Waals surface area (Å²) in [5.74, 6) is -1.18. The summed E-state index contributed by atoms with van der Waals surface area (Å²) in [6.07, 6.45) is 2.18. The van der Waals surface area contributed by atoms with E-state index in [9.17, 15) is 13.9 Å². The molecule has 3 heterocycles. The Bertz CT molecular complexity index is 1380. The molecule has 1 saturated heterocycles. The molecule has 2 N–H and O–H groups in total. The van der Waals surface area contributed by atoms with E-state index in [0.717, 1.165) is 30.2 Å². The van der Waals surface area contributed by atoms with E-state index in [1.165, 1.54) is 17.8 Å². The maximum Gasteiger partial charge on any atom is 0.196 e. The van der Waals surface area contributed by atoms with E-state index in [4.69, 9.17) is 24.2 Å². The minimum absolute atomic E-state index is 0.0132. The average molecular weight is 563 g/mol. The second-order valence-electron chi connectivity index (χ2n) is 10.7. The summed E-state index contributed by atoms with van der Waals surface area (Å²) in [5.41, 5.74) is 0.768. The first-order valence-electron chi connectivity index (χ1n) is 13.3. The van der Waals surface area contributed by atoms with Gasteiger partial charge in [0.1, 0.15) is 6.10 Å². The Labute approximate surface area is 228 Å². The summed E-state index contributed by atoms with van der Waals surface area (Å²) < 4.78 is 47.7. The highest BCUT2D eigenvalue weighted by Crippen LogP contribution is 2.51. The summed E-state index contributed by atoms with van der Waals surface area (Å²) in [6.45, 7) is 5.91. The summed E-state index contributed by atoms with van der Waals surface area (Å²) in [5, 5.41) is 22.3. The van der Waals surface area contributed by atoms with Gasteiger partial charge in [-0.2, -0.15) is 4.68 Å². The van der Waals surface area contributed by atoms with Crippen molar-refractivity contribution in [2.24, 2.45) is 0 Å². The van der Waals surface area contributed by atoms with Gasteiger partial charge < -0.3 is 24.6 Å². The molecule has 2 aromatic heterocycles. The van der Waals surface area contributed by atoms with Crippen LogP contribution in [0.25, 0.3) is 11.2 Å². The highest BCUT2D eigenvalue weighted by Gasteiger charge is 2.63. The summed E-state index contributed by atoms with van der Waals surface area (Å²) in [7, 11) is 0. The van der Waals surface area contributed by atoms with E-state index in [2.05, 4.69) is 22.6 Å². The number of nitrogens with zero attached hydrogens (tertiary/aromatic N) is 5. The van der Waals surface area contributed by atoms with Crippen molar-refractivity contribution in [2.75, 3.05) is 24.3 Å². The first-order chi connectivity index (χ1) is 18.7. The number of halogens is 2. The van der Waals surface area contributed by atoms with Crippen LogP contribution in [0.5, 0.6) is 0 Å². The predicted molar refractivity (Wildman–Crippen MR) is 139 cm³/mol. The Morgan fingerprint density at radius 3 is 2.87 bits per heavy atom. The van der Waals surface area contributed by atoms with Gasteiger partial charge in [0.25, 0.3) is 0 Å². The normalized spacial score (nSPS) is 29.2. The smallest absolute Gasteiger partial charge is 0.196 e. The number of benzene rings is 1. The Morgan fingerprint density at radius 2 is 2.10 bits per heavy atom. The van der Waals surface area contributed by atoms with E-state index in [-0.39, 0.29) is 31.3 Å². The molecule has 1 aliphatic heterocycles. The van der Waals surface area contributed by atoms with Crippen LogP contribution in [-0.2, 0) is 19.9 Å².